The smallest absolute Gasteiger partial charge is 0.329 e. The van der Waals surface area contributed by atoms with Crippen LogP contribution in [0.5, 0.6) is 0 Å². The summed E-state index contributed by atoms with van der Waals surface area (Å²) in [6, 6.07) is 0. The summed E-state index contributed by atoms with van der Waals surface area (Å²) in [5.41, 5.74) is -0.594. The van der Waals surface area contributed by atoms with Crippen LogP contribution in [0.25, 0.3) is 0 Å². The highest BCUT2D eigenvalue weighted by molar-refractivity contribution is 5.81. The van der Waals surface area contributed by atoms with Crippen LogP contribution in [0.4, 0.5) is 0 Å². The number of rotatable bonds is 4. The lowest BCUT2D eigenvalue weighted by Crippen LogP contribution is -2.50. The molecule has 1 saturated heterocycles. The molecule has 1 heterocycles. The van der Waals surface area contributed by atoms with Crippen molar-refractivity contribution < 1.29 is 14.4 Å². The predicted molar refractivity (Wildman–Crippen MR) is 61.7 cm³/mol. The van der Waals surface area contributed by atoms with Crippen LogP contribution in [0.2, 0.25) is 0 Å². The van der Waals surface area contributed by atoms with E-state index in [0.717, 1.165) is 6.42 Å². The minimum absolute atomic E-state index is 0.0770. The van der Waals surface area contributed by atoms with E-state index in [9.17, 15) is 4.79 Å². The van der Waals surface area contributed by atoms with Crippen LogP contribution < -0.4 is 0 Å². The van der Waals surface area contributed by atoms with Crippen molar-refractivity contribution in [2.75, 3.05) is 13.7 Å². The monoisotopic (exact) mass is 229 g/mol. The maximum Gasteiger partial charge on any atom is 0.329 e. The summed E-state index contributed by atoms with van der Waals surface area (Å²) in [5, 5.41) is 1.69. The van der Waals surface area contributed by atoms with E-state index in [4.69, 9.17) is 9.57 Å². The molecular weight excluding hydrogens is 206 g/mol. The molecule has 1 rings (SSSR count). The number of likely N-dealkylation sites (N-methyl/N-ethyl adjacent to an activating group) is 1. The van der Waals surface area contributed by atoms with Gasteiger partial charge in [-0.1, -0.05) is 13.8 Å². The maximum atomic E-state index is 12.1. The summed E-state index contributed by atoms with van der Waals surface area (Å²) in [6.45, 7) is 8.45. The number of hydrogen-bond donors (Lipinski definition) is 0. The molecule has 4 nitrogen and oxygen atoms in total. The minimum Gasteiger partial charge on any atom is -0.465 e. The third kappa shape index (κ3) is 2.55. The fourth-order valence-electron chi connectivity index (χ4n) is 2.46. The Labute approximate surface area is 97.9 Å². The van der Waals surface area contributed by atoms with Crippen LogP contribution in [0.3, 0.4) is 0 Å². The average molecular weight is 229 g/mol. The molecule has 4 heteroatoms. The van der Waals surface area contributed by atoms with Crippen LogP contribution in [-0.2, 0) is 14.4 Å². The first kappa shape index (κ1) is 13.5. The largest absolute Gasteiger partial charge is 0.465 e. The molecular formula is C12H23NO3. The van der Waals surface area contributed by atoms with Gasteiger partial charge in [-0.2, -0.15) is 5.06 Å². The molecule has 0 saturated carbocycles. The normalized spacial score (nSPS) is 31.0. The van der Waals surface area contributed by atoms with Gasteiger partial charge in [0.05, 0.1) is 12.7 Å². The van der Waals surface area contributed by atoms with Gasteiger partial charge in [0.1, 0.15) is 5.54 Å². The summed E-state index contributed by atoms with van der Waals surface area (Å²) in [4.78, 5) is 17.7. The van der Waals surface area contributed by atoms with Gasteiger partial charge in [-0.25, -0.2) is 4.79 Å². The Morgan fingerprint density at radius 1 is 1.62 bits per heavy atom. The van der Waals surface area contributed by atoms with E-state index in [1.807, 2.05) is 20.9 Å². The highest BCUT2D eigenvalue weighted by Gasteiger charge is 2.51. The number of hydroxylamine groups is 2. The molecule has 16 heavy (non-hydrogen) atoms. The van der Waals surface area contributed by atoms with Crippen LogP contribution >= 0.6 is 0 Å². The molecule has 0 aromatic heterocycles. The van der Waals surface area contributed by atoms with E-state index in [1.165, 1.54) is 0 Å². The van der Waals surface area contributed by atoms with Gasteiger partial charge in [0, 0.05) is 13.5 Å². The molecule has 2 unspecified atom stereocenters. The molecule has 94 valence electrons. The first-order chi connectivity index (χ1) is 7.42. The first-order valence-electron chi connectivity index (χ1n) is 6.00. The molecule has 0 bridgehead atoms. The molecule has 0 radical (unpaired) electrons. The molecule has 0 aliphatic carbocycles. The van der Waals surface area contributed by atoms with Crippen molar-refractivity contribution >= 4 is 5.97 Å². The summed E-state index contributed by atoms with van der Waals surface area (Å²) in [5.74, 6) is 0.274. The number of carbonyl (C=O) groups excluding carboxylic acids is 1. The summed E-state index contributed by atoms with van der Waals surface area (Å²) in [6.07, 6.45) is 1.56. The Balaban J connectivity index is 2.88. The molecule has 1 fully saturated rings. The van der Waals surface area contributed by atoms with Crippen molar-refractivity contribution in [3.8, 4) is 0 Å². The zero-order chi connectivity index (χ0) is 12.3. The van der Waals surface area contributed by atoms with E-state index in [2.05, 4.69) is 13.8 Å². The molecule has 1 aliphatic heterocycles. The molecule has 0 aromatic carbocycles. The second-order valence-corrected chi connectivity index (χ2v) is 4.97. The minimum atomic E-state index is -0.594. The SMILES string of the molecule is CCOC(=O)C1(CC(C)C)CC(C)ON1C. The fourth-order valence-corrected chi connectivity index (χ4v) is 2.46. The lowest BCUT2D eigenvalue weighted by molar-refractivity contribution is -0.193. The predicted octanol–water partition coefficient (Wildman–Crippen LogP) is 1.99. The molecule has 1 aliphatic rings. The Bertz CT molecular complexity index is 255. The van der Waals surface area contributed by atoms with Gasteiger partial charge in [-0.3, -0.25) is 4.84 Å². The highest BCUT2D eigenvalue weighted by atomic mass is 16.7. The number of ether oxygens (including phenoxy) is 1. The van der Waals surface area contributed by atoms with Crippen molar-refractivity contribution in [1.29, 1.82) is 0 Å². The van der Waals surface area contributed by atoms with Crippen LogP contribution in [0, 0.1) is 5.92 Å². The molecule has 0 amide bonds. The lowest BCUT2D eigenvalue weighted by Gasteiger charge is -2.32. The summed E-state index contributed by atoms with van der Waals surface area (Å²) < 4.78 is 5.19. The van der Waals surface area contributed by atoms with Gasteiger partial charge in [0.2, 0.25) is 0 Å². The summed E-state index contributed by atoms with van der Waals surface area (Å²) >= 11 is 0. The van der Waals surface area contributed by atoms with Crippen molar-refractivity contribution in [2.45, 2.75) is 52.2 Å². The van der Waals surface area contributed by atoms with Crippen molar-refractivity contribution in [3.05, 3.63) is 0 Å². The van der Waals surface area contributed by atoms with E-state index in [1.54, 1.807) is 5.06 Å². The van der Waals surface area contributed by atoms with Gasteiger partial charge in [0.25, 0.3) is 0 Å². The average Bonchev–Trinajstić information content (AvgIpc) is 2.42. The van der Waals surface area contributed by atoms with E-state index < -0.39 is 5.54 Å². The van der Waals surface area contributed by atoms with E-state index >= 15 is 0 Å². The Morgan fingerprint density at radius 2 is 2.25 bits per heavy atom. The molecule has 2 atom stereocenters. The zero-order valence-electron chi connectivity index (χ0n) is 10.9. The van der Waals surface area contributed by atoms with Crippen LogP contribution in [-0.4, -0.2) is 36.3 Å². The van der Waals surface area contributed by atoms with Gasteiger partial charge < -0.3 is 4.74 Å². The van der Waals surface area contributed by atoms with Crippen LogP contribution in [0.1, 0.15) is 40.5 Å². The van der Waals surface area contributed by atoms with E-state index in [-0.39, 0.29) is 12.1 Å². The third-order valence-corrected chi connectivity index (χ3v) is 2.97. The Morgan fingerprint density at radius 3 is 2.62 bits per heavy atom. The van der Waals surface area contributed by atoms with Gasteiger partial charge in [-0.05, 0) is 26.2 Å². The van der Waals surface area contributed by atoms with Crippen molar-refractivity contribution in [3.63, 3.8) is 0 Å². The number of esters is 1. The van der Waals surface area contributed by atoms with Gasteiger partial charge in [0.15, 0.2) is 0 Å². The standard InChI is InChI=1S/C12H23NO3/c1-6-15-11(14)12(7-9(2)3)8-10(4)16-13(12)5/h9-10H,6-8H2,1-5H3. The zero-order valence-corrected chi connectivity index (χ0v) is 10.9. The highest BCUT2D eigenvalue weighted by Crippen LogP contribution is 2.36. The number of carbonyl (C=O) groups is 1. The van der Waals surface area contributed by atoms with Crippen molar-refractivity contribution in [2.24, 2.45) is 5.92 Å². The molecule has 0 N–H and O–H groups in total. The first-order valence-corrected chi connectivity index (χ1v) is 6.00. The van der Waals surface area contributed by atoms with Crippen LogP contribution in [0.15, 0.2) is 0 Å². The van der Waals surface area contributed by atoms with Gasteiger partial charge >= 0.3 is 5.97 Å². The topological polar surface area (TPSA) is 38.8 Å². The number of hydrogen-bond acceptors (Lipinski definition) is 4. The fraction of sp³-hybridized carbons (Fsp3) is 0.917. The van der Waals surface area contributed by atoms with E-state index in [0.29, 0.717) is 18.9 Å². The van der Waals surface area contributed by atoms with Crippen molar-refractivity contribution in [1.82, 2.24) is 5.06 Å². The molecule has 0 aromatic rings. The quantitative estimate of drug-likeness (QED) is 0.691. The van der Waals surface area contributed by atoms with Gasteiger partial charge in [-0.15, -0.1) is 0 Å². The Kier molecular flexibility index (Phi) is 4.33. The summed E-state index contributed by atoms with van der Waals surface area (Å²) in [7, 11) is 1.82. The Hall–Kier alpha value is -0.610. The second-order valence-electron chi connectivity index (χ2n) is 4.97. The maximum absolute atomic E-state index is 12.1. The molecule has 0 spiro atoms. The number of nitrogens with zero attached hydrogens (tertiary/aromatic N) is 1. The third-order valence-electron chi connectivity index (χ3n) is 2.97. The second kappa shape index (κ2) is 5.15. The lowest BCUT2D eigenvalue weighted by atomic mass is 9.85.